The molecular weight excluding hydrogens is 863 g/mol. The van der Waals surface area contributed by atoms with Gasteiger partial charge in [0.25, 0.3) is 0 Å². The van der Waals surface area contributed by atoms with Crippen molar-refractivity contribution in [2.45, 2.75) is 341 Å². The largest absolute Gasteiger partial charge is 0.462 e. The summed E-state index contributed by atoms with van der Waals surface area (Å²) in [7, 11) is 0. The van der Waals surface area contributed by atoms with Crippen molar-refractivity contribution in [3.05, 3.63) is 48.6 Å². The molecular formula is C64H119NO5. The zero-order chi connectivity index (χ0) is 50.9. The number of allylic oxidation sites excluding steroid dienone is 8. The van der Waals surface area contributed by atoms with E-state index in [1.54, 1.807) is 0 Å². The van der Waals surface area contributed by atoms with Gasteiger partial charge < -0.3 is 20.3 Å². The maximum Gasteiger partial charge on any atom is 0.306 e. The topological polar surface area (TPSA) is 95.9 Å². The Kier molecular flexibility index (Phi) is 55.9. The molecule has 0 spiro atoms. The van der Waals surface area contributed by atoms with Crippen LogP contribution in [0.5, 0.6) is 0 Å². The highest BCUT2D eigenvalue weighted by molar-refractivity contribution is 5.77. The summed E-state index contributed by atoms with van der Waals surface area (Å²) in [4.78, 5) is 26.3. The fraction of sp³-hybridized carbons (Fsp3) is 0.844. The van der Waals surface area contributed by atoms with Gasteiger partial charge in [-0.3, -0.25) is 9.59 Å². The van der Waals surface area contributed by atoms with Crippen molar-refractivity contribution >= 4 is 11.9 Å². The van der Waals surface area contributed by atoms with Crippen molar-refractivity contribution in [3.8, 4) is 0 Å². The summed E-state index contributed by atoms with van der Waals surface area (Å²) in [6.45, 7) is 6.49. The molecule has 0 aliphatic heterocycles. The van der Waals surface area contributed by atoms with Gasteiger partial charge >= 0.3 is 5.97 Å². The first-order chi connectivity index (χ1) is 34.5. The molecule has 3 atom stereocenters. The van der Waals surface area contributed by atoms with Crippen molar-refractivity contribution in [1.82, 2.24) is 5.32 Å². The highest BCUT2D eigenvalue weighted by Crippen LogP contribution is 2.18. The van der Waals surface area contributed by atoms with Gasteiger partial charge in [0.15, 0.2) is 0 Å². The van der Waals surface area contributed by atoms with Crippen LogP contribution in [-0.4, -0.2) is 46.9 Å². The maximum absolute atomic E-state index is 13.3. The summed E-state index contributed by atoms with van der Waals surface area (Å²) >= 11 is 0. The molecule has 1 amide bonds. The average molecular weight is 983 g/mol. The Morgan fingerprint density at radius 1 is 0.414 bits per heavy atom. The van der Waals surface area contributed by atoms with Crippen LogP contribution in [0, 0.1) is 0 Å². The molecule has 0 fully saturated rings. The van der Waals surface area contributed by atoms with Crippen LogP contribution in [0.25, 0.3) is 0 Å². The van der Waals surface area contributed by atoms with Gasteiger partial charge in [0.2, 0.25) is 5.91 Å². The molecule has 0 aromatic carbocycles. The summed E-state index contributed by atoms with van der Waals surface area (Å²) < 4.78 is 5.97. The van der Waals surface area contributed by atoms with E-state index in [4.69, 9.17) is 4.74 Å². The molecule has 6 nitrogen and oxygen atoms in total. The third-order valence-electron chi connectivity index (χ3n) is 14.1. The number of ether oxygens (including phenoxy) is 1. The molecule has 0 saturated heterocycles. The third kappa shape index (κ3) is 52.2. The van der Waals surface area contributed by atoms with Gasteiger partial charge in [0.05, 0.1) is 25.2 Å². The highest BCUT2D eigenvalue weighted by Gasteiger charge is 2.24. The molecule has 70 heavy (non-hydrogen) atoms. The van der Waals surface area contributed by atoms with E-state index in [1.807, 2.05) is 0 Å². The number of carbonyl (C=O) groups excluding carboxylic acids is 2. The smallest absolute Gasteiger partial charge is 0.306 e. The number of esters is 1. The number of nitrogens with one attached hydrogen (secondary N) is 1. The van der Waals surface area contributed by atoms with Crippen LogP contribution in [0.2, 0.25) is 0 Å². The van der Waals surface area contributed by atoms with Crippen LogP contribution in [-0.2, 0) is 14.3 Å². The summed E-state index contributed by atoms with van der Waals surface area (Å²) in [5, 5.41) is 23.9. The van der Waals surface area contributed by atoms with E-state index in [0.29, 0.717) is 19.3 Å². The molecule has 0 rings (SSSR count). The van der Waals surface area contributed by atoms with Gasteiger partial charge in [-0.1, -0.05) is 268 Å². The lowest BCUT2D eigenvalue weighted by atomic mass is 10.0. The number of hydrogen-bond donors (Lipinski definition) is 3. The van der Waals surface area contributed by atoms with Gasteiger partial charge in [-0.25, -0.2) is 0 Å². The number of amides is 1. The molecule has 0 aromatic rings. The fourth-order valence-electron chi connectivity index (χ4n) is 9.43. The number of aliphatic hydroxyl groups is 2. The SMILES string of the molecule is CCCCC/C=C\C/C=C\C/C=C\CCCCCCCCC(=O)OC(CCCCC/C=C/CCCCCCCCCCC)CC(=O)NC(CO)C(O)CCCCCCCCCCCCCCCCCC. The molecule has 3 unspecified atom stereocenters. The molecule has 0 radical (unpaired) electrons. The Bertz CT molecular complexity index is 1190. The minimum atomic E-state index is -0.795. The summed E-state index contributed by atoms with van der Waals surface area (Å²) in [6, 6.07) is -0.710. The van der Waals surface area contributed by atoms with Gasteiger partial charge in [0, 0.05) is 6.42 Å². The van der Waals surface area contributed by atoms with Crippen LogP contribution in [0.3, 0.4) is 0 Å². The highest BCUT2D eigenvalue weighted by atomic mass is 16.5. The Labute approximate surface area is 436 Å². The van der Waals surface area contributed by atoms with Crippen molar-refractivity contribution in [2.24, 2.45) is 0 Å². The number of aliphatic hydroxyl groups excluding tert-OH is 2. The van der Waals surface area contributed by atoms with Gasteiger partial charge in [-0.15, -0.1) is 0 Å². The normalized spacial score (nSPS) is 13.4. The molecule has 410 valence electrons. The molecule has 3 N–H and O–H groups in total. The van der Waals surface area contributed by atoms with Crippen LogP contribution in [0.1, 0.15) is 323 Å². The molecule has 0 aromatic heterocycles. The minimum absolute atomic E-state index is 0.0634. The van der Waals surface area contributed by atoms with Crippen LogP contribution >= 0.6 is 0 Å². The second-order valence-electron chi connectivity index (χ2n) is 21.1. The van der Waals surface area contributed by atoms with Crippen molar-refractivity contribution in [1.29, 1.82) is 0 Å². The predicted molar refractivity (Wildman–Crippen MR) is 305 cm³/mol. The molecule has 0 heterocycles. The molecule has 0 saturated carbocycles. The van der Waals surface area contributed by atoms with Crippen molar-refractivity contribution in [2.75, 3.05) is 6.61 Å². The zero-order valence-corrected chi connectivity index (χ0v) is 46.9. The third-order valence-corrected chi connectivity index (χ3v) is 14.1. The van der Waals surface area contributed by atoms with E-state index >= 15 is 0 Å². The average Bonchev–Trinajstić information content (AvgIpc) is 3.35. The predicted octanol–water partition coefficient (Wildman–Crippen LogP) is 19.4. The second kappa shape index (κ2) is 57.7. The molecule has 0 bridgehead atoms. The van der Waals surface area contributed by atoms with Gasteiger partial charge in [-0.2, -0.15) is 0 Å². The van der Waals surface area contributed by atoms with E-state index in [-0.39, 0.29) is 24.9 Å². The van der Waals surface area contributed by atoms with Crippen LogP contribution < -0.4 is 5.32 Å². The Hall–Kier alpha value is -2.18. The van der Waals surface area contributed by atoms with E-state index in [9.17, 15) is 19.8 Å². The minimum Gasteiger partial charge on any atom is -0.462 e. The lowest BCUT2D eigenvalue weighted by molar-refractivity contribution is -0.151. The number of unbranched alkanes of at least 4 members (excludes halogenated alkanes) is 36. The van der Waals surface area contributed by atoms with E-state index in [0.717, 1.165) is 83.5 Å². The second-order valence-corrected chi connectivity index (χ2v) is 21.1. The first-order valence-electron chi connectivity index (χ1n) is 30.9. The number of hydrogen-bond acceptors (Lipinski definition) is 5. The standard InChI is InChI=1S/C64H119NO5/c1-4-7-10-13-16-19-22-25-28-31-32-33-36-39-42-45-48-51-54-57-64(69)70-60(55-52-49-46-43-40-37-34-29-26-23-20-17-14-11-8-5-2)58-63(68)65-61(59-66)62(67)56-53-50-47-44-41-38-35-30-27-24-21-18-15-12-9-6-3/h16,19,25,28,32-33,37,40,60-62,66-67H,4-15,17-18,20-24,26-27,29-31,34-36,38-39,41-59H2,1-3H3,(H,65,68)/b19-16-,28-25-,33-32-,40-37+. The first kappa shape index (κ1) is 67.8. The van der Waals surface area contributed by atoms with Gasteiger partial charge in [0.1, 0.15) is 6.10 Å². The van der Waals surface area contributed by atoms with Crippen molar-refractivity contribution < 1.29 is 24.5 Å². The lowest BCUT2D eigenvalue weighted by Crippen LogP contribution is -2.46. The molecule has 6 heteroatoms. The maximum atomic E-state index is 13.3. The van der Waals surface area contributed by atoms with E-state index < -0.39 is 18.2 Å². The fourth-order valence-corrected chi connectivity index (χ4v) is 9.43. The summed E-state index contributed by atoms with van der Waals surface area (Å²) in [6.07, 6.45) is 71.8. The summed E-state index contributed by atoms with van der Waals surface area (Å²) in [5.74, 6) is -0.490. The van der Waals surface area contributed by atoms with Crippen molar-refractivity contribution in [3.63, 3.8) is 0 Å². The number of carbonyl (C=O) groups is 2. The number of rotatable bonds is 56. The Morgan fingerprint density at radius 3 is 1.16 bits per heavy atom. The quantitative estimate of drug-likeness (QED) is 0.0321. The summed E-state index contributed by atoms with van der Waals surface area (Å²) in [5.41, 5.74) is 0. The Balaban J connectivity index is 4.57. The monoisotopic (exact) mass is 982 g/mol. The van der Waals surface area contributed by atoms with Crippen LogP contribution in [0.4, 0.5) is 0 Å². The van der Waals surface area contributed by atoms with E-state index in [1.165, 1.54) is 193 Å². The Morgan fingerprint density at radius 2 is 0.729 bits per heavy atom. The molecule has 0 aliphatic carbocycles. The molecule has 0 aliphatic rings. The first-order valence-corrected chi connectivity index (χ1v) is 30.9. The van der Waals surface area contributed by atoms with Crippen LogP contribution in [0.15, 0.2) is 48.6 Å². The van der Waals surface area contributed by atoms with Gasteiger partial charge in [-0.05, 0) is 89.9 Å². The van der Waals surface area contributed by atoms with E-state index in [2.05, 4.69) is 74.7 Å². The zero-order valence-electron chi connectivity index (χ0n) is 46.9. The lowest BCUT2D eigenvalue weighted by Gasteiger charge is -2.24.